The number of nitrogens with one attached hydrogen (secondary N) is 3. The number of esters is 3. The molecule has 0 aromatic carbocycles. The van der Waals surface area contributed by atoms with Gasteiger partial charge in [0.05, 0.1) is 0 Å². The lowest BCUT2D eigenvalue weighted by atomic mass is 9.96. The maximum absolute atomic E-state index is 13.6. The van der Waals surface area contributed by atoms with Gasteiger partial charge in [0.1, 0.15) is 66.9 Å². The smallest absolute Gasteiger partial charge is 0.430 e. The Kier molecular flexibility index (Phi) is 21.9. The number of carboxylic acid groups (broad SMARTS) is 1. The molecule has 0 saturated carbocycles. The van der Waals surface area contributed by atoms with Gasteiger partial charge in [0.15, 0.2) is 11.9 Å². The van der Waals surface area contributed by atoms with Gasteiger partial charge in [-0.2, -0.15) is 13.2 Å². The molecule has 19 nitrogen and oxygen atoms in total. The van der Waals surface area contributed by atoms with Gasteiger partial charge < -0.3 is 59.4 Å². The molecular formula is C47H77F3N4O15. The monoisotopic (exact) mass is 998 g/mol. The number of rotatable bonds is 16. The van der Waals surface area contributed by atoms with Gasteiger partial charge in [-0.3, -0.25) is 0 Å². The molecule has 0 radical (unpaired) electrons. The molecular weight excluding hydrogens is 919 g/mol. The lowest BCUT2D eigenvalue weighted by Crippen LogP contribution is -2.47. The zero-order chi connectivity index (χ0) is 56.1. The number of carboxylic acids is 1. The number of ether oxygens (including phenoxy) is 6. The predicted octanol–water partition coefficient (Wildman–Crippen LogP) is 6.33. The van der Waals surface area contributed by atoms with Crippen molar-refractivity contribution in [1.29, 1.82) is 0 Å². The molecule has 0 aliphatic heterocycles. The number of carbonyl (C=O) groups is 7. The number of aromatic hydroxyl groups is 1. The van der Waals surface area contributed by atoms with Crippen LogP contribution in [0.1, 0.15) is 164 Å². The second-order valence-corrected chi connectivity index (χ2v) is 21.8. The first-order chi connectivity index (χ1) is 31.5. The minimum absolute atomic E-state index is 0.0264. The number of aryl methyl sites for hydroxylation is 2. The molecule has 1 aromatic rings. The Labute approximate surface area is 407 Å². The van der Waals surface area contributed by atoms with Crippen molar-refractivity contribution >= 4 is 42.2 Å². The summed E-state index contributed by atoms with van der Waals surface area (Å²) in [5.41, 5.74) is -5.21. The van der Waals surface area contributed by atoms with Crippen molar-refractivity contribution in [2.75, 3.05) is 0 Å². The Morgan fingerprint density at radius 3 is 1.22 bits per heavy atom. The van der Waals surface area contributed by atoms with Crippen LogP contribution >= 0.6 is 0 Å². The quantitative estimate of drug-likeness (QED) is 0.0611. The Hall–Kier alpha value is -5.57. The fourth-order valence-electron chi connectivity index (χ4n) is 5.38. The van der Waals surface area contributed by atoms with Crippen molar-refractivity contribution in [3.8, 4) is 5.75 Å². The molecule has 1 heterocycles. The van der Waals surface area contributed by atoms with E-state index in [1.165, 1.54) is 6.20 Å². The Morgan fingerprint density at radius 1 is 0.565 bits per heavy atom. The number of pyridine rings is 1. The van der Waals surface area contributed by atoms with Crippen LogP contribution in [-0.2, 0) is 66.9 Å². The van der Waals surface area contributed by atoms with E-state index >= 15 is 0 Å². The first-order valence-corrected chi connectivity index (χ1v) is 22.2. The van der Waals surface area contributed by atoms with Gasteiger partial charge in [0.25, 0.3) is 0 Å². The van der Waals surface area contributed by atoms with Gasteiger partial charge in [0, 0.05) is 24.0 Å². The van der Waals surface area contributed by atoms with Crippen LogP contribution in [0.25, 0.3) is 0 Å². The van der Waals surface area contributed by atoms with Crippen molar-refractivity contribution in [1.82, 2.24) is 16.0 Å². The number of aromatic nitrogens is 1. The number of halogens is 3. The van der Waals surface area contributed by atoms with E-state index < -0.39 is 112 Å². The van der Waals surface area contributed by atoms with Crippen molar-refractivity contribution in [3.05, 3.63) is 23.5 Å². The van der Waals surface area contributed by atoms with Gasteiger partial charge >= 0.3 is 42.4 Å². The van der Waals surface area contributed by atoms with Crippen molar-refractivity contribution in [3.63, 3.8) is 0 Å². The number of aliphatic carboxylic acids is 1. The highest BCUT2D eigenvalue weighted by Gasteiger charge is 2.34. The second kappa shape index (κ2) is 25.3. The molecule has 1 aromatic heterocycles. The van der Waals surface area contributed by atoms with Gasteiger partial charge in [-0.25, -0.2) is 33.3 Å². The van der Waals surface area contributed by atoms with Crippen LogP contribution in [0.4, 0.5) is 27.6 Å². The SMILES string of the molecule is O=C([O-])C(F)(F)F.[2H][13C]([2H])(CCC[C@H](NC(=O)OC(C)(C)C)C(=O)OC(C)(C)C)[n+]1cc(O)c(C[C@H](NC(=O)OC(C)(C)C)C(=O)OC(C)(C)C)c(CC[C@H](NC(=O)OC(C)(C)C)C(=O)OC(C)(C)C)c1. The average Bonchev–Trinajstić information content (AvgIpc) is 3.08. The molecule has 3 amide bonds. The van der Waals surface area contributed by atoms with E-state index in [0.717, 1.165) is 10.8 Å². The Bertz CT molecular complexity index is 2010. The number of alkyl carbamates (subject to hydrolysis) is 3. The molecule has 1 rings (SSSR count). The number of alkyl halides is 3. The van der Waals surface area contributed by atoms with Crippen LogP contribution in [0.5, 0.6) is 5.75 Å². The van der Waals surface area contributed by atoms with Crippen molar-refractivity contribution in [2.45, 2.75) is 228 Å². The fourth-order valence-corrected chi connectivity index (χ4v) is 5.38. The minimum atomic E-state index is -5.19. The van der Waals surface area contributed by atoms with E-state index in [2.05, 4.69) is 16.0 Å². The highest BCUT2D eigenvalue weighted by molar-refractivity contribution is 5.83. The maximum Gasteiger partial charge on any atom is 0.430 e. The topological polar surface area (TPSA) is 258 Å². The van der Waals surface area contributed by atoms with E-state index in [-0.39, 0.29) is 49.7 Å². The molecule has 3 atom stereocenters. The predicted molar refractivity (Wildman–Crippen MR) is 242 cm³/mol. The third-order valence-corrected chi connectivity index (χ3v) is 7.71. The fraction of sp³-hybridized carbons (Fsp3) is 0.745. The number of nitrogens with zero attached hydrogens (tertiary/aromatic N) is 1. The summed E-state index contributed by atoms with van der Waals surface area (Å²) in [5.74, 6) is -5.87. The van der Waals surface area contributed by atoms with Crippen LogP contribution in [0.3, 0.4) is 0 Å². The highest BCUT2D eigenvalue weighted by Crippen LogP contribution is 2.25. The lowest BCUT2D eigenvalue weighted by molar-refractivity contribution is -0.698. The third kappa shape index (κ3) is 30.5. The summed E-state index contributed by atoms with van der Waals surface area (Å²) in [6.07, 6.45) is -6.30. The molecule has 0 bridgehead atoms. The van der Waals surface area contributed by atoms with Crippen LogP contribution in [0, 0.1) is 0 Å². The zero-order valence-electron chi connectivity index (χ0n) is 45.4. The molecule has 69 heavy (non-hydrogen) atoms. The van der Waals surface area contributed by atoms with Crippen LogP contribution in [0.2, 0.25) is 0 Å². The summed E-state index contributed by atoms with van der Waals surface area (Å²) in [7, 11) is 0. The van der Waals surface area contributed by atoms with Gasteiger partial charge in [-0.1, -0.05) is 0 Å². The molecule has 0 aliphatic rings. The van der Waals surface area contributed by atoms with Crippen LogP contribution in [0.15, 0.2) is 12.4 Å². The Morgan fingerprint density at radius 2 is 0.884 bits per heavy atom. The van der Waals surface area contributed by atoms with E-state index in [4.69, 9.17) is 41.1 Å². The number of hydrogen-bond acceptors (Lipinski definition) is 15. The first-order valence-electron chi connectivity index (χ1n) is 23.2. The normalized spacial score (nSPS) is 14.4. The van der Waals surface area contributed by atoms with Crippen molar-refractivity contribution in [2.24, 2.45) is 0 Å². The van der Waals surface area contributed by atoms with Crippen molar-refractivity contribution < 1.29 is 92.7 Å². The minimum Gasteiger partial charge on any atom is -0.542 e. The third-order valence-electron chi connectivity index (χ3n) is 7.71. The highest BCUT2D eigenvalue weighted by atomic mass is 19.4. The standard InChI is InChI=1S/C45H76N4O13.C2HF3O2/c1-40(2,3)57-34(51)30(46-37(54)60-43(10,11)12)21-19-20-24-49-26-28(22-23-31(35(52)58-41(4,5)6)47-38(55)61-44(13,14)15)29(33(50)27-49)25-32(36(53)59-42(7,8)9)48-39(56)62-45(16,17)18;3-2(4,5)1(6)7/h26-27,30-32H,19-25H2,1-18H3,(H3-,46,47,48,50,54,55,56);(H,6,7)/t30-,31-,32-;/m0./s1/i24+1D2;. The van der Waals surface area contributed by atoms with Crippen LogP contribution in [-0.4, -0.2) is 105 Å². The zero-order valence-corrected chi connectivity index (χ0v) is 43.4. The molecule has 0 saturated heterocycles. The maximum atomic E-state index is 13.6. The summed E-state index contributed by atoms with van der Waals surface area (Å²) in [6.45, 7) is 27.6. The largest absolute Gasteiger partial charge is 0.542 e. The molecule has 22 heteroatoms. The lowest BCUT2D eigenvalue weighted by Gasteiger charge is -2.27. The summed E-state index contributed by atoms with van der Waals surface area (Å²) in [6, 6.07) is -3.90. The number of hydrogen-bond donors (Lipinski definition) is 4. The summed E-state index contributed by atoms with van der Waals surface area (Å²) < 4.78 is 83.9. The van der Waals surface area contributed by atoms with E-state index in [1.54, 1.807) is 125 Å². The first kappa shape index (κ1) is 59.6. The molecule has 0 spiro atoms. The summed E-state index contributed by atoms with van der Waals surface area (Å²) in [4.78, 5) is 87.9. The van der Waals surface area contributed by atoms with Gasteiger partial charge in [-0.05, 0) is 150 Å². The average molecular weight is 998 g/mol. The summed E-state index contributed by atoms with van der Waals surface area (Å²) in [5, 5.41) is 28.1. The molecule has 4 N–H and O–H groups in total. The van der Waals surface area contributed by atoms with E-state index in [0.29, 0.717) is 0 Å². The van der Waals surface area contributed by atoms with E-state index in [1.807, 2.05) is 0 Å². The number of carbonyl (C=O) groups excluding carboxylic acids is 7. The molecule has 0 aliphatic carbocycles. The second-order valence-electron chi connectivity index (χ2n) is 21.8. The number of amides is 3. The van der Waals surface area contributed by atoms with Gasteiger partial charge in [-0.15, -0.1) is 0 Å². The molecule has 0 unspecified atom stereocenters. The van der Waals surface area contributed by atoms with Crippen LogP contribution < -0.4 is 25.6 Å². The molecule has 396 valence electrons. The Balaban J connectivity index is 0.00000647. The molecule has 0 fully saturated rings. The van der Waals surface area contributed by atoms with Gasteiger partial charge in [0.2, 0.25) is 6.20 Å². The summed E-state index contributed by atoms with van der Waals surface area (Å²) >= 11 is 0. The van der Waals surface area contributed by atoms with E-state index in [9.17, 15) is 47.0 Å².